The van der Waals surface area contributed by atoms with Crippen LogP contribution >= 0.6 is 0 Å². The summed E-state index contributed by atoms with van der Waals surface area (Å²) < 4.78 is 5.61. The van der Waals surface area contributed by atoms with E-state index in [9.17, 15) is 4.79 Å². The van der Waals surface area contributed by atoms with Crippen molar-refractivity contribution < 1.29 is 14.4 Å². The van der Waals surface area contributed by atoms with Gasteiger partial charge in [0.1, 0.15) is 6.61 Å². The Morgan fingerprint density at radius 3 is 3.00 bits per heavy atom. The van der Waals surface area contributed by atoms with E-state index in [0.29, 0.717) is 5.92 Å². The lowest BCUT2D eigenvalue weighted by Crippen LogP contribution is -2.41. The number of amides is 1. The summed E-state index contributed by atoms with van der Waals surface area (Å²) in [5.74, 6) is 0.0423. The molecule has 0 aromatic carbocycles. The number of hydroxylamine groups is 1. The van der Waals surface area contributed by atoms with Crippen molar-refractivity contribution in [1.82, 2.24) is 5.48 Å². The Balaban J connectivity index is 2.21. The van der Waals surface area contributed by atoms with E-state index >= 15 is 0 Å². The van der Waals surface area contributed by atoms with Crippen LogP contribution < -0.4 is 11.2 Å². The molecule has 1 heterocycles. The molecule has 0 bridgehead atoms. The van der Waals surface area contributed by atoms with Crippen LogP contribution in [0.2, 0.25) is 0 Å². The molecule has 0 saturated carbocycles. The van der Waals surface area contributed by atoms with Crippen LogP contribution in [0.3, 0.4) is 0 Å². The maximum atomic E-state index is 10.4. The molecule has 1 rings (SSSR count). The summed E-state index contributed by atoms with van der Waals surface area (Å²) in [5.41, 5.74) is 7.81. The molecule has 2 unspecified atom stereocenters. The molecule has 0 spiro atoms. The van der Waals surface area contributed by atoms with Crippen molar-refractivity contribution in [3.63, 3.8) is 0 Å². The molecule has 0 aromatic heterocycles. The summed E-state index contributed by atoms with van der Waals surface area (Å²) in [6.45, 7) is 4.93. The predicted molar refractivity (Wildman–Crippen MR) is 55.9 cm³/mol. The fourth-order valence-electron chi connectivity index (χ4n) is 1.63. The zero-order valence-corrected chi connectivity index (χ0v) is 9.36. The fraction of sp³-hybridized carbons (Fsp3) is 0.900. The van der Waals surface area contributed by atoms with Gasteiger partial charge in [-0.05, 0) is 18.8 Å². The first-order valence-corrected chi connectivity index (χ1v) is 5.36. The number of carbonyl (C=O) groups excluding carboxylic acids is 1. The van der Waals surface area contributed by atoms with E-state index in [1.807, 2.05) is 0 Å². The largest absolute Gasteiger partial charge is 0.378 e. The van der Waals surface area contributed by atoms with E-state index in [4.69, 9.17) is 15.3 Å². The van der Waals surface area contributed by atoms with Gasteiger partial charge in [0.25, 0.3) is 0 Å². The first-order chi connectivity index (χ1) is 7.09. The first-order valence-electron chi connectivity index (χ1n) is 5.36. The Morgan fingerprint density at radius 2 is 2.40 bits per heavy atom. The van der Waals surface area contributed by atoms with Gasteiger partial charge in [0.2, 0.25) is 5.91 Å². The summed E-state index contributed by atoms with van der Waals surface area (Å²) in [6, 6.07) is 0.255. The van der Waals surface area contributed by atoms with Crippen LogP contribution in [0.25, 0.3) is 0 Å². The minimum Gasteiger partial charge on any atom is -0.378 e. The molecular formula is C10H20N2O3. The molecule has 1 aliphatic rings. The molecule has 1 amide bonds. The van der Waals surface area contributed by atoms with E-state index in [1.54, 1.807) is 0 Å². The highest BCUT2D eigenvalue weighted by Gasteiger charge is 2.24. The highest BCUT2D eigenvalue weighted by molar-refractivity contribution is 5.74. The van der Waals surface area contributed by atoms with Gasteiger partial charge in [-0.25, -0.2) is 0 Å². The molecule has 0 radical (unpaired) electrons. The average molecular weight is 216 g/mol. The molecule has 5 nitrogen and oxygen atoms in total. The second-order valence-corrected chi connectivity index (χ2v) is 4.25. The Morgan fingerprint density at radius 1 is 1.67 bits per heavy atom. The van der Waals surface area contributed by atoms with Gasteiger partial charge in [0.05, 0.1) is 6.10 Å². The maximum absolute atomic E-state index is 10.4. The summed E-state index contributed by atoms with van der Waals surface area (Å²) in [7, 11) is 0. The summed E-state index contributed by atoms with van der Waals surface area (Å²) in [5, 5.41) is 0. The minimum absolute atomic E-state index is 0.0797. The lowest BCUT2D eigenvalue weighted by molar-refractivity contribution is -0.128. The van der Waals surface area contributed by atoms with Gasteiger partial charge in [-0.15, -0.1) is 0 Å². The average Bonchev–Trinajstić information content (AvgIpc) is 2.17. The first kappa shape index (κ1) is 12.4. The monoisotopic (exact) mass is 216 g/mol. The Kier molecular flexibility index (Phi) is 5.01. The third-order valence-electron chi connectivity index (χ3n) is 2.52. The van der Waals surface area contributed by atoms with Crippen LogP contribution in [0.15, 0.2) is 0 Å². The van der Waals surface area contributed by atoms with Gasteiger partial charge < -0.3 is 10.5 Å². The van der Waals surface area contributed by atoms with Crippen molar-refractivity contribution in [2.24, 2.45) is 11.7 Å². The number of primary amides is 1. The minimum atomic E-state index is -0.463. The Bertz CT molecular complexity index is 209. The molecule has 0 aliphatic carbocycles. The van der Waals surface area contributed by atoms with Crippen LogP contribution in [0, 0.1) is 5.92 Å². The maximum Gasteiger partial charge on any atom is 0.245 e. The number of hydrogen-bond acceptors (Lipinski definition) is 4. The van der Waals surface area contributed by atoms with Crippen molar-refractivity contribution in [1.29, 1.82) is 0 Å². The Labute approximate surface area is 90.3 Å². The molecule has 1 saturated heterocycles. The number of rotatable bonds is 5. The van der Waals surface area contributed by atoms with E-state index in [0.717, 1.165) is 19.4 Å². The Hall–Kier alpha value is -0.650. The lowest BCUT2D eigenvalue weighted by atomic mass is 9.96. The summed E-state index contributed by atoms with van der Waals surface area (Å²) in [6.07, 6.45) is 2.09. The highest BCUT2D eigenvalue weighted by Crippen LogP contribution is 2.19. The molecular weight excluding hydrogens is 196 g/mol. The van der Waals surface area contributed by atoms with Crippen molar-refractivity contribution in [3.05, 3.63) is 0 Å². The number of nitrogens with two attached hydrogens (primary N) is 1. The molecule has 88 valence electrons. The smallest absolute Gasteiger partial charge is 0.245 e. The summed E-state index contributed by atoms with van der Waals surface area (Å²) in [4.78, 5) is 15.4. The topological polar surface area (TPSA) is 73.6 Å². The van der Waals surface area contributed by atoms with Gasteiger partial charge in [-0.2, -0.15) is 5.48 Å². The second kappa shape index (κ2) is 6.05. The highest BCUT2D eigenvalue weighted by atomic mass is 16.6. The zero-order chi connectivity index (χ0) is 11.3. The summed E-state index contributed by atoms with van der Waals surface area (Å²) >= 11 is 0. The molecule has 3 N–H and O–H groups in total. The van der Waals surface area contributed by atoms with Gasteiger partial charge in [-0.1, -0.05) is 13.8 Å². The van der Waals surface area contributed by atoms with Gasteiger partial charge in [0, 0.05) is 12.6 Å². The van der Waals surface area contributed by atoms with Gasteiger partial charge >= 0.3 is 0 Å². The molecule has 0 aromatic rings. The van der Waals surface area contributed by atoms with Gasteiger partial charge in [-0.3, -0.25) is 9.63 Å². The van der Waals surface area contributed by atoms with Crippen molar-refractivity contribution >= 4 is 5.91 Å². The van der Waals surface area contributed by atoms with E-state index in [1.165, 1.54) is 0 Å². The zero-order valence-electron chi connectivity index (χ0n) is 9.36. The van der Waals surface area contributed by atoms with Crippen molar-refractivity contribution in [2.45, 2.75) is 38.8 Å². The van der Waals surface area contributed by atoms with E-state index < -0.39 is 5.91 Å². The molecule has 15 heavy (non-hydrogen) atoms. The number of hydrogen-bond donors (Lipinski definition) is 2. The third kappa shape index (κ3) is 4.59. The fourth-order valence-corrected chi connectivity index (χ4v) is 1.63. The molecule has 1 fully saturated rings. The third-order valence-corrected chi connectivity index (χ3v) is 2.52. The number of carbonyl (C=O) groups is 1. The van der Waals surface area contributed by atoms with E-state index in [2.05, 4.69) is 19.3 Å². The number of nitrogens with one attached hydrogen (secondary N) is 1. The molecule has 1 aliphatic heterocycles. The quantitative estimate of drug-likeness (QED) is 0.644. The lowest BCUT2D eigenvalue weighted by Gasteiger charge is -2.31. The SMILES string of the molecule is CC(C)C1CC(NOCC(N)=O)CCO1. The van der Waals surface area contributed by atoms with Crippen LogP contribution in [-0.2, 0) is 14.4 Å². The number of ether oxygens (including phenoxy) is 1. The normalized spacial score (nSPS) is 26.9. The van der Waals surface area contributed by atoms with Crippen LogP contribution in [0.1, 0.15) is 26.7 Å². The van der Waals surface area contributed by atoms with Crippen LogP contribution in [0.4, 0.5) is 0 Å². The van der Waals surface area contributed by atoms with Crippen LogP contribution in [-0.4, -0.2) is 31.3 Å². The molecule has 5 heteroatoms. The van der Waals surface area contributed by atoms with Crippen LogP contribution in [0.5, 0.6) is 0 Å². The molecule has 2 atom stereocenters. The van der Waals surface area contributed by atoms with Crippen molar-refractivity contribution in [2.75, 3.05) is 13.2 Å². The standard InChI is InChI=1S/C10H20N2O3/c1-7(2)9-5-8(3-4-14-9)12-15-6-10(11)13/h7-9,12H,3-6H2,1-2H3,(H2,11,13). The predicted octanol–water partition coefficient (Wildman–Crippen LogP) is 0.197. The van der Waals surface area contributed by atoms with Crippen molar-refractivity contribution in [3.8, 4) is 0 Å². The van der Waals surface area contributed by atoms with Gasteiger partial charge in [0.15, 0.2) is 0 Å². The second-order valence-electron chi connectivity index (χ2n) is 4.25. The van der Waals surface area contributed by atoms with E-state index in [-0.39, 0.29) is 18.8 Å².